The van der Waals surface area contributed by atoms with Crippen molar-refractivity contribution in [3.63, 3.8) is 0 Å². The summed E-state index contributed by atoms with van der Waals surface area (Å²) < 4.78 is 0. The van der Waals surface area contributed by atoms with Gasteiger partial charge in [0.1, 0.15) is 0 Å². The van der Waals surface area contributed by atoms with Gasteiger partial charge in [0, 0.05) is 39.9 Å². The van der Waals surface area contributed by atoms with E-state index in [-0.39, 0.29) is 39.9 Å². The summed E-state index contributed by atoms with van der Waals surface area (Å²) in [5.74, 6) is 1.96. The maximum atomic E-state index is 2.31. The van der Waals surface area contributed by atoms with Crippen LogP contribution in [0.15, 0.2) is 12.1 Å². The van der Waals surface area contributed by atoms with Gasteiger partial charge in [0.25, 0.3) is 0 Å². The second-order valence-electron chi connectivity index (χ2n) is 5.12. The van der Waals surface area contributed by atoms with Crippen LogP contribution in [0.1, 0.15) is 76.0 Å². The summed E-state index contributed by atoms with van der Waals surface area (Å²) in [5, 5.41) is 0. The first-order chi connectivity index (χ1) is 6.45. The molecule has 1 rings (SSSR count). The van der Waals surface area contributed by atoms with Gasteiger partial charge in [-0.25, -0.2) is 6.07 Å². The molecule has 0 unspecified atom stereocenters. The monoisotopic (exact) mass is 349 g/mol. The first-order valence-electron chi connectivity index (χ1n) is 5.74. The van der Waals surface area contributed by atoms with Crippen LogP contribution < -0.4 is 0 Å². The van der Waals surface area contributed by atoms with Crippen molar-refractivity contribution in [1.29, 1.82) is 0 Å². The van der Waals surface area contributed by atoms with Gasteiger partial charge in [-0.3, -0.25) is 0 Å². The van der Waals surface area contributed by atoms with Gasteiger partial charge in [-0.05, 0) is 5.92 Å². The molecule has 0 aromatic heterocycles. The second kappa shape index (κ2) is 6.42. The number of hydrogen-bond acceptors (Lipinski definition) is 0. The Balaban J connectivity index is 0.00000196. The Hall–Kier alpha value is 0.675. The van der Waals surface area contributed by atoms with Crippen molar-refractivity contribution in [2.24, 2.45) is 0 Å². The Morgan fingerprint density at radius 3 is 1.80 bits per heavy atom. The molecule has 0 heterocycles. The summed E-state index contributed by atoms with van der Waals surface area (Å²) in [6.07, 6.45) is 0. The van der Waals surface area contributed by atoms with Crippen LogP contribution >= 0.6 is 0 Å². The zero-order chi connectivity index (χ0) is 10.9. The van der Waals surface area contributed by atoms with E-state index in [1.807, 2.05) is 0 Å². The first kappa shape index (κ1) is 15.7. The third kappa shape index (κ3) is 3.58. The summed E-state index contributed by atoms with van der Waals surface area (Å²) in [4.78, 5) is 0. The number of rotatable bonds is 3. The van der Waals surface area contributed by atoms with E-state index in [0.717, 1.165) is 0 Å². The Morgan fingerprint density at radius 1 is 0.933 bits per heavy atom. The second-order valence-corrected chi connectivity index (χ2v) is 5.12. The number of hydrogen-bond donors (Lipinski definition) is 0. The van der Waals surface area contributed by atoms with Crippen molar-refractivity contribution in [1.82, 2.24) is 0 Å². The average molecular weight is 349 g/mol. The Bertz CT molecular complexity index is 267. The van der Waals surface area contributed by atoms with Crippen LogP contribution in [0, 0.1) is 39.9 Å². The molecule has 15 heavy (non-hydrogen) atoms. The minimum atomic E-state index is 0. The fourth-order valence-corrected chi connectivity index (χ4v) is 2.20. The van der Waals surface area contributed by atoms with Crippen molar-refractivity contribution >= 4 is 0 Å². The quantitative estimate of drug-likeness (QED) is 0.690. The normalized spacial score (nSPS) is 11.3. The van der Waals surface area contributed by atoms with Gasteiger partial charge in [-0.15, -0.1) is 0 Å². The molecule has 0 saturated heterocycles. The molecule has 0 saturated carbocycles. The fourth-order valence-electron chi connectivity index (χ4n) is 2.20. The maximum absolute atomic E-state index is 2.31. The van der Waals surface area contributed by atoms with Gasteiger partial charge in [-0.2, -0.15) is 22.8 Å². The fraction of sp³-hybridized carbons (Fsp3) is 0.643. The first-order valence-corrected chi connectivity index (χ1v) is 5.74. The zero-order valence-electron chi connectivity index (χ0n) is 10.7. The molecule has 0 aliphatic carbocycles. The molecule has 1 heteroatoms. The SMILES string of the molecule is CC(C)c1cc[c-](C(C)C)c1C(C)C.[Gd]. The summed E-state index contributed by atoms with van der Waals surface area (Å²) in [7, 11) is 0. The molecular formula is C14H23Gd-. The molecule has 0 fully saturated rings. The molecule has 0 amide bonds. The molecule has 0 atom stereocenters. The molecule has 0 nitrogen and oxygen atoms in total. The van der Waals surface area contributed by atoms with Crippen molar-refractivity contribution < 1.29 is 39.9 Å². The smallest absolute Gasteiger partial charge is 0 e. The molecule has 1 aromatic carbocycles. The van der Waals surface area contributed by atoms with E-state index in [1.54, 1.807) is 16.7 Å². The summed E-state index contributed by atoms with van der Waals surface area (Å²) in [6.45, 7) is 13.7. The molecule has 0 radical (unpaired) electrons. The van der Waals surface area contributed by atoms with Crippen molar-refractivity contribution in [2.75, 3.05) is 0 Å². The van der Waals surface area contributed by atoms with Gasteiger partial charge >= 0.3 is 0 Å². The Labute approximate surface area is 127 Å². The summed E-state index contributed by atoms with van der Waals surface area (Å²) >= 11 is 0. The Morgan fingerprint density at radius 2 is 1.47 bits per heavy atom. The van der Waals surface area contributed by atoms with Gasteiger partial charge < -0.3 is 0 Å². The Kier molecular flexibility index (Phi) is 6.71. The predicted molar refractivity (Wildman–Crippen MR) is 64.3 cm³/mol. The minimum Gasteiger partial charge on any atom is -0.210 e. The van der Waals surface area contributed by atoms with Crippen LogP contribution in [0.4, 0.5) is 0 Å². The van der Waals surface area contributed by atoms with E-state index in [9.17, 15) is 0 Å². The van der Waals surface area contributed by atoms with Crippen LogP contribution in [-0.4, -0.2) is 0 Å². The molecule has 0 aliphatic heterocycles. The average Bonchev–Trinajstić information content (AvgIpc) is 2.46. The molecule has 1 aromatic rings. The predicted octanol–water partition coefficient (Wildman–Crippen LogP) is 4.78. The van der Waals surface area contributed by atoms with Crippen molar-refractivity contribution in [3.8, 4) is 0 Å². The van der Waals surface area contributed by atoms with Gasteiger partial charge in [0.05, 0.1) is 0 Å². The standard InChI is InChI=1S/C14H23.Gd/c1-9(2)12-7-8-13(10(3)4)14(12)11(5)6;/h7-11H,1-6H3;/q-1;. The van der Waals surface area contributed by atoms with E-state index in [4.69, 9.17) is 0 Å². The molecule has 0 spiro atoms. The minimum absolute atomic E-state index is 0. The molecule has 88 valence electrons. The summed E-state index contributed by atoms with van der Waals surface area (Å²) in [6, 6.07) is 4.63. The van der Waals surface area contributed by atoms with Crippen LogP contribution in [-0.2, 0) is 0 Å². The van der Waals surface area contributed by atoms with Crippen LogP contribution in [0.25, 0.3) is 0 Å². The van der Waals surface area contributed by atoms with Crippen LogP contribution in [0.5, 0.6) is 0 Å². The van der Waals surface area contributed by atoms with Crippen molar-refractivity contribution in [3.05, 3.63) is 28.8 Å². The molecule has 0 N–H and O–H groups in total. The van der Waals surface area contributed by atoms with Crippen LogP contribution in [0.3, 0.4) is 0 Å². The molecule has 0 bridgehead atoms. The third-order valence-electron chi connectivity index (χ3n) is 2.89. The van der Waals surface area contributed by atoms with Crippen molar-refractivity contribution in [2.45, 2.75) is 59.3 Å². The molecule has 0 aliphatic rings. The largest absolute Gasteiger partial charge is 0.210 e. The van der Waals surface area contributed by atoms with Gasteiger partial charge in [0.15, 0.2) is 0 Å². The zero-order valence-corrected chi connectivity index (χ0v) is 13.0. The van der Waals surface area contributed by atoms with E-state index < -0.39 is 0 Å². The molecular weight excluding hydrogens is 325 g/mol. The van der Waals surface area contributed by atoms with Crippen LogP contribution in [0.2, 0.25) is 0 Å². The van der Waals surface area contributed by atoms with Gasteiger partial charge in [0.2, 0.25) is 0 Å². The van der Waals surface area contributed by atoms with E-state index in [2.05, 4.69) is 53.7 Å². The van der Waals surface area contributed by atoms with E-state index in [0.29, 0.717) is 17.8 Å². The third-order valence-corrected chi connectivity index (χ3v) is 2.89. The maximum Gasteiger partial charge on any atom is 0 e. The topological polar surface area (TPSA) is 0 Å². The summed E-state index contributed by atoms with van der Waals surface area (Å²) in [5.41, 5.74) is 4.68. The van der Waals surface area contributed by atoms with E-state index in [1.165, 1.54) is 0 Å². The van der Waals surface area contributed by atoms with Gasteiger partial charge in [-0.1, -0.05) is 53.4 Å². The van der Waals surface area contributed by atoms with E-state index >= 15 is 0 Å².